The molecular formula is C14H17N3. The number of hydrogen-bond donors (Lipinski definition) is 1. The second-order valence-electron chi connectivity index (χ2n) is 4.08. The highest BCUT2D eigenvalue weighted by Gasteiger charge is 2.05. The minimum atomic E-state index is 0. The molecule has 0 spiro atoms. The van der Waals surface area contributed by atoms with Crippen LogP contribution in [0.2, 0.25) is 0 Å². The van der Waals surface area contributed by atoms with Gasteiger partial charge in [-0.1, -0.05) is 13.0 Å². The number of aryl methyl sites for hydroxylation is 1. The highest BCUT2D eigenvalue weighted by atomic mass is 14.9. The van der Waals surface area contributed by atoms with Crippen LogP contribution in [0.3, 0.4) is 0 Å². The van der Waals surface area contributed by atoms with Crippen molar-refractivity contribution in [1.82, 2.24) is 15.7 Å². The van der Waals surface area contributed by atoms with Gasteiger partial charge in [0.1, 0.15) is 0 Å². The fraction of sp³-hybridized carbons (Fsp3) is 0.214. The lowest BCUT2D eigenvalue weighted by molar-refractivity contribution is 0.705. The fourth-order valence-electron chi connectivity index (χ4n) is 2.28. The molecule has 2 heterocycles. The Kier molecular flexibility index (Phi) is 3.11. The van der Waals surface area contributed by atoms with E-state index in [1.807, 2.05) is 12.3 Å². The van der Waals surface area contributed by atoms with Gasteiger partial charge in [-0.25, -0.2) is 0 Å². The molecule has 0 atom stereocenters. The summed E-state index contributed by atoms with van der Waals surface area (Å²) in [5, 5.41) is 2.55. The van der Waals surface area contributed by atoms with Crippen molar-refractivity contribution < 1.29 is 0 Å². The molecule has 88 valence electrons. The lowest BCUT2D eigenvalue weighted by atomic mass is 10.1. The van der Waals surface area contributed by atoms with Crippen molar-refractivity contribution in [3.05, 3.63) is 42.7 Å². The van der Waals surface area contributed by atoms with Crippen LogP contribution in [0.15, 0.2) is 42.7 Å². The summed E-state index contributed by atoms with van der Waals surface area (Å²) < 4.78 is 2.32. The zero-order valence-corrected chi connectivity index (χ0v) is 10.1. The van der Waals surface area contributed by atoms with E-state index < -0.39 is 0 Å². The molecule has 0 radical (unpaired) electrons. The third kappa shape index (κ3) is 1.78. The Balaban J connectivity index is 0.00000108. The smallest absolute Gasteiger partial charge is 0.0723 e. The van der Waals surface area contributed by atoms with Crippen LogP contribution in [0.1, 0.15) is 13.3 Å². The van der Waals surface area contributed by atoms with Crippen molar-refractivity contribution >= 4 is 21.8 Å². The Labute approximate surface area is 101 Å². The first-order valence-electron chi connectivity index (χ1n) is 5.72. The van der Waals surface area contributed by atoms with Crippen LogP contribution in [0.5, 0.6) is 0 Å². The van der Waals surface area contributed by atoms with E-state index in [0.29, 0.717) is 0 Å². The molecule has 3 aromatic rings. The topological polar surface area (TPSA) is 52.8 Å². The van der Waals surface area contributed by atoms with Gasteiger partial charge in [0, 0.05) is 29.7 Å². The van der Waals surface area contributed by atoms with E-state index in [1.54, 1.807) is 0 Å². The van der Waals surface area contributed by atoms with Crippen LogP contribution in [-0.4, -0.2) is 9.55 Å². The zero-order valence-electron chi connectivity index (χ0n) is 10.1. The molecular weight excluding hydrogens is 210 g/mol. The van der Waals surface area contributed by atoms with Crippen molar-refractivity contribution in [2.24, 2.45) is 0 Å². The van der Waals surface area contributed by atoms with Crippen molar-refractivity contribution in [3.63, 3.8) is 0 Å². The second kappa shape index (κ2) is 4.55. The summed E-state index contributed by atoms with van der Waals surface area (Å²) in [4.78, 5) is 4.40. The van der Waals surface area contributed by atoms with E-state index in [4.69, 9.17) is 0 Å². The molecule has 0 bridgehead atoms. The van der Waals surface area contributed by atoms with Crippen molar-refractivity contribution in [2.45, 2.75) is 19.9 Å². The Morgan fingerprint density at radius 1 is 1.18 bits per heavy atom. The van der Waals surface area contributed by atoms with E-state index in [1.165, 1.54) is 16.3 Å². The maximum Gasteiger partial charge on any atom is 0.0723 e. The molecule has 2 aromatic heterocycles. The van der Waals surface area contributed by atoms with E-state index in [-0.39, 0.29) is 6.15 Å². The number of hydrogen-bond acceptors (Lipinski definition) is 2. The van der Waals surface area contributed by atoms with Crippen molar-refractivity contribution in [3.8, 4) is 0 Å². The molecule has 0 aliphatic carbocycles. The second-order valence-corrected chi connectivity index (χ2v) is 4.08. The van der Waals surface area contributed by atoms with E-state index in [2.05, 4.69) is 46.9 Å². The summed E-state index contributed by atoms with van der Waals surface area (Å²) in [5.41, 5.74) is 2.39. The first-order chi connectivity index (χ1) is 7.90. The van der Waals surface area contributed by atoms with Gasteiger partial charge < -0.3 is 10.7 Å². The molecule has 3 rings (SSSR count). The summed E-state index contributed by atoms with van der Waals surface area (Å²) in [6.45, 7) is 3.27. The van der Waals surface area contributed by atoms with Gasteiger partial charge in [0.05, 0.1) is 11.0 Å². The molecule has 3 heteroatoms. The Bertz CT molecular complexity index is 640. The molecule has 0 saturated carbocycles. The minimum Gasteiger partial charge on any atom is -0.347 e. The standard InChI is InChI=1S/C14H14N2.H3N/c1-2-9-16-10-7-11-5-6-13-12(14(11)16)4-3-8-15-13;/h3-8,10H,2,9H2,1H3;1H3. The van der Waals surface area contributed by atoms with Gasteiger partial charge in [0.25, 0.3) is 0 Å². The van der Waals surface area contributed by atoms with Gasteiger partial charge in [0.15, 0.2) is 0 Å². The summed E-state index contributed by atoms with van der Waals surface area (Å²) >= 11 is 0. The lowest BCUT2D eigenvalue weighted by Crippen LogP contribution is -1.94. The van der Waals surface area contributed by atoms with Crippen LogP contribution < -0.4 is 6.15 Å². The first kappa shape index (κ1) is 11.6. The Hall–Kier alpha value is -1.87. The van der Waals surface area contributed by atoms with Gasteiger partial charge in [-0.2, -0.15) is 0 Å². The zero-order chi connectivity index (χ0) is 11.0. The van der Waals surface area contributed by atoms with Gasteiger partial charge in [0.2, 0.25) is 0 Å². The average Bonchev–Trinajstić information content (AvgIpc) is 2.73. The van der Waals surface area contributed by atoms with Gasteiger partial charge in [-0.15, -0.1) is 0 Å². The molecule has 0 aliphatic heterocycles. The van der Waals surface area contributed by atoms with Gasteiger partial charge in [-0.05, 0) is 30.7 Å². The van der Waals surface area contributed by atoms with E-state index in [9.17, 15) is 0 Å². The lowest BCUT2D eigenvalue weighted by Gasteiger charge is -2.05. The predicted octanol–water partition coefficient (Wildman–Crippen LogP) is 3.76. The van der Waals surface area contributed by atoms with Crippen LogP contribution in [0, 0.1) is 0 Å². The molecule has 3 N–H and O–H groups in total. The van der Waals surface area contributed by atoms with E-state index >= 15 is 0 Å². The van der Waals surface area contributed by atoms with Crippen LogP contribution in [-0.2, 0) is 6.54 Å². The van der Waals surface area contributed by atoms with Crippen LogP contribution >= 0.6 is 0 Å². The number of aromatic nitrogens is 2. The Morgan fingerprint density at radius 2 is 2.06 bits per heavy atom. The van der Waals surface area contributed by atoms with E-state index in [0.717, 1.165) is 18.5 Å². The molecule has 0 saturated heterocycles. The number of pyridine rings is 1. The number of fused-ring (bicyclic) bond motifs is 3. The number of benzene rings is 1. The summed E-state index contributed by atoms with van der Waals surface area (Å²) in [6.07, 6.45) is 5.17. The maximum atomic E-state index is 4.40. The number of rotatable bonds is 2. The molecule has 3 nitrogen and oxygen atoms in total. The third-order valence-electron chi connectivity index (χ3n) is 2.97. The molecule has 17 heavy (non-hydrogen) atoms. The van der Waals surface area contributed by atoms with Crippen LogP contribution in [0.4, 0.5) is 0 Å². The molecule has 0 fully saturated rings. The summed E-state index contributed by atoms with van der Waals surface area (Å²) in [5.74, 6) is 0. The highest BCUT2D eigenvalue weighted by molar-refractivity contribution is 6.04. The highest BCUT2D eigenvalue weighted by Crippen LogP contribution is 2.25. The van der Waals surface area contributed by atoms with Crippen LogP contribution in [0.25, 0.3) is 21.8 Å². The monoisotopic (exact) mass is 227 g/mol. The molecule has 0 amide bonds. The SMILES string of the molecule is CCCn1ccc2ccc3ncccc3c21.N. The minimum absolute atomic E-state index is 0. The third-order valence-corrected chi connectivity index (χ3v) is 2.97. The van der Waals surface area contributed by atoms with Crippen molar-refractivity contribution in [1.29, 1.82) is 0 Å². The normalized spacial score (nSPS) is 10.6. The van der Waals surface area contributed by atoms with Gasteiger partial charge >= 0.3 is 0 Å². The predicted molar refractivity (Wildman–Crippen MR) is 72.6 cm³/mol. The fourth-order valence-corrected chi connectivity index (χ4v) is 2.28. The summed E-state index contributed by atoms with van der Waals surface area (Å²) in [7, 11) is 0. The quantitative estimate of drug-likeness (QED) is 0.724. The molecule has 0 aliphatic rings. The van der Waals surface area contributed by atoms with Crippen molar-refractivity contribution in [2.75, 3.05) is 0 Å². The Morgan fingerprint density at radius 3 is 2.88 bits per heavy atom. The number of nitrogens with zero attached hydrogens (tertiary/aromatic N) is 2. The summed E-state index contributed by atoms with van der Waals surface area (Å²) in [6, 6.07) is 10.6. The first-order valence-corrected chi connectivity index (χ1v) is 5.72. The van der Waals surface area contributed by atoms with Gasteiger partial charge in [-0.3, -0.25) is 4.98 Å². The maximum absolute atomic E-state index is 4.40. The average molecular weight is 227 g/mol. The molecule has 0 unspecified atom stereocenters. The molecule has 1 aromatic carbocycles. The largest absolute Gasteiger partial charge is 0.347 e.